The molecule has 3 N–H and O–H groups in total. The topological polar surface area (TPSA) is 106 Å². The molecule has 0 bridgehead atoms. The van der Waals surface area contributed by atoms with Crippen molar-refractivity contribution in [3.8, 4) is 0 Å². The number of aromatic amines is 1. The van der Waals surface area contributed by atoms with Crippen LogP contribution in [0.3, 0.4) is 0 Å². The van der Waals surface area contributed by atoms with Crippen LogP contribution in [0, 0.1) is 20.8 Å². The number of aryl methyl sites for hydroxylation is 2. The van der Waals surface area contributed by atoms with Crippen molar-refractivity contribution >= 4 is 29.3 Å². The van der Waals surface area contributed by atoms with Gasteiger partial charge in [0, 0.05) is 59.8 Å². The maximum atomic E-state index is 13.1. The van der Waals surface area contributed by atoms with Gasteiger partial charge in [-0.25, -0.2) is 4.79 Å². The average molecular weight is 487 g/mol. The monoisotopic (exact) mass is 486 g/mol. The summed E-state index contributed by atoms with van der Waals surface area (Å²) in [6, 6.07) is 5.42. The molecule has 1 aromatic carbocycles. The van der Waals surface area contributed by atoms with Gasteiger partial charge >= 0.3 is 6.09 Å². The molecule has 182 valence electrons. The number of halogens is 1. The van der Waals surface area contributed by atoms with Gasteiger partial charge in [0.1, 0.15) is 0 Å². The molecule has 1 aliphatic heterocycles. The number of aromatic nitrogens is 1. The lowest BCUT2D eigenvalue weighted by Gasteiger charge is -2.39. The molecule has 0 unspecified atom stereocenters. The Labute approximate surface area is 204 Å². The summed E-state index contributed by atoms with van der Waals surface area (Å²) < 4.78 is 0. The first-order valence-electron chi connectivity index (χ1n) is 11.3. The van der Waals surface area contributed by atoms with E-state index in [4.69, 9.17) is 11.6 Å². The van der Waals surface area contributed by atoms with Crippen molar-refractivity contribution in [1.29, 1.82) is 0 Å². The van der Waals surface area contributed by atoms with Gasteiger partial charge in [-0.2, -0.15) is 0 Å². The maximum absolute atomic E-state index is 13.1. The van der Waals surface area contributed by atoms with Crippen molar-refractivity contribution in [2.45, 2.75) is 46.2 Å². The SMILES string of the molecule is C=CCN(c1cc(Cl)cc(C(=O)NCc2c(C)cc(C)[nH]c2=O)c1C)C1CCN(C(=O)O)CC1. The number of pyridine rings is 1. The number of nitrogens with zero attached hydrogens (tertiary/aromatic N) is 2. The predicted molar refractivity (Wildman–Crippen MR) is 134 cm³/mol. The number of benzene rings is 1. The Morgan fingerprint density at radius 1 is 1.26 bits per heavy atom. The van der Waals surface area contributed by atoms with Gasteiger partial charge in [0.05, 0.1) is 0 Å². The van der Waals surface area contributed by atoms with Crippen LogP contribution in [-0.2, 0) is 6.54 Å². The normalized spacial score (nSPS) is 14.1. The second-order valence-electron chi connectivity index (χ2n) is 8.67. The van der Waals surface area contributed by atoms with Crippen LogP contribution in [0.1, 0.15) is 45.6 Å². The Bertz CT molecular complexity index is 1150. The van der Waals surface area contributed by atoms with Crippen molar-refractivity contribution in [2.24, 2.45) is 0 Å². The maximum Gasteiger partial charge on any atom is 0.407 e. The molecule has 0 radical (unpaired) electrons. The fourth-order valence-electron chi connectivity index (χ4n) is 4.52. The van der Waals surface area contributed by atoms with Gasteiger partial charge in [0.15, 0.2) is 0 Å². The summed E-state index contributed by atoms with van der Waals surface area (Å²) in [5.74, 6) is -0.320. The molecule has 0 saturated carbocycles. The summed E-state index contributed by atoms with van der Waals surface area (Å²) in [6.07, 6.45) is 2.22. The number of piperidine rings is 1. The minimum atomic E-state index is -0.908. The average Bonchev–Trinajstić information content (AvgIpc) is 2.78. The Balaban J connectivity index is 1.85. The highest BCUT2D eigenvalue weighted by atomic mass is 35.5. The third-order valence-electron chi connectivity index (χ3n) is 6.32. The van der Waals surface area contributed by atoms with Crippen LogP contribution in [0.15, 0.2) is 35.6 Å². The first kappa shape index (κ1) is 25.4. The van der Waals surface area contributed by atoms with E-state index < -0.39 is 6.09 Å². The van der Waals surface area contributed by atoms with Gasteiger partial charge in [-0.3, -0.25) is 9.59 Å². The Hall–Kier alpha value is -3.26. The number of carbonyl (C=O) groups excluding carboxylic acids is 1. The Morgan fingerprint density at radius 3 is 2.53 bits per heavy atom. The van der Waals surface area contributed by atoms with Gasteiger partial charge < -0.3 is 25.2 Å². The van der Waals surface area contributed by atoms with Crippen LogP contribution < -0.4 is 15.8 Å². The lowest BCUT2D eigenvalue weighted by molar-refractivity contribution is 0.0950. The van der Waals surface area contributed by atoms with E-state index in [1.165, 1.54) is 4.90 Å². The van der Waals surface area contributed by atoms with E-state index >= 15 is 0 Å². The van der Waals surface area contributed by atoms with Crippen LogP contribution in [0.4, 0.5) is 10.5 Å². The Morgan fingerprint density at radius 2 is 1.94 bits per heavy atom. The highest BCUT2D eigenvalue weighted by Gasteiger charge is 2.28. The van der Waals surface area contributed by atoms with E-state index in [1.54, 1.807) is 12.1 Å². The predicted octanol–water partition coefficient (Wildman–Crippen LogP) is 4.02. The summed E-state index contributed by atoms with van der Waals surface area (Å²) in [6.45, 7) is 10.9. The molecule has 2 amide bonds. The molecule has 0 spiro atoms. The highest BCUT2D eigenvalue weighted by molar-refractivity contribution is 6.31. The van der Waals surface area contributed by atoms with Crippen LogP contribution in [-0.4, -0.2) is 52.7 Å². The number of hydrogen-bond donors (Lipinski definition) is 3. The largest absolute Gasteiger partial charge is 0.465 e. The van der Waals surface area contributed by atoms with E-state index in [0.29, 0.717) is 48.6 Å². The third kappa shape index (κ3) is 5.62. The number of likely N-dealkylation sites (tertiary alicyclic amines) is 1. The number of carbonyl (C=O) groups is 2. The van der Waals surface area contributed by atoms with Crippen molar-refractivity contribution in [3.63, 3.8) is 0 Å². The van der Waals surface area contributed by atoms with Gasteiger partial charge in [0.2, 0.25) is 0 Å². The first-order chi connectivity index (χ1) is 16.1. The number of amides is 2. The Kier molecular flexibility index (Phi) is 8.04. The first-order valence-corrected chi connectivity index (χ1v) is 11.6. The van der Waals surface area contributed by atoms with Crippen LogP contribution in [0.5, 0.6) is 0 Å². The molecular weight excluding hydrogens is 456 g/mol. The van der Waals surface area contributed by atoms with Crippen LogP contribution in [0.2, 0.25) is 5.02 Å². The minimum Gasteiger partial charge on any atom is -0.465 e. The molecule has 1 aromatic heterocycles. The summed E-state index contributed by atoms with van der Waals surface area (Å²) >= 11 is 6.43. The zero-order valence-corrected chi connectivity index (χ0v) is 20.5. The molecule has 2 aromatic rings. The molecule has 3 rings (SSSR count). The quantitative estimate of drug-likeness (QED) is 0.512. The fraction of sp³-hybridized carbons (Fsp3) is 0.400. The lowest BCUT2D eigenvalue weighted by atomic mass is 9.99. The zero-order valence-electron chi connectivity index (χ0n) is 19.8. The standard InChI is InChI=1S/C25H31ClN4O4/c1-5-8-30(19-6-9-29(10-7-19)25(33)34)22-13-18(26)12-20(17(22)4)23(31)27-14-21-15(2)11-16(3)28-24(21)32/h5,11-13,19H,1,6-10,14H2,2-4H3,(H,27,31)(H,28,32)(H,33,34). The van der Waals surface area contributed by atoms with E-state index in [0.717, 1.165) is 22.5 Å². The molecule has 0 aliphatic carbocycles. The van der Waals surface area contributed by atoms with Crippen LogP contribution in [0.25, 0.3) is 0 Å². The van der Waals surface area contributed by atoms with Gasteiger partial charge in [-0.15, -0.1) is 6.58 Å². The third-order valence-corrected chi connectivity index (χ3v) is 6.54. The second-order valence-corrected chi connectivity index (χ2v) is 9.10. The molecule has 34 heavy (non-hydrogen) atoms. The molecule has 0 atom stereocenters. The number of nitrogens with one attached hydrogen (secondary N) is 2. The summed E-state index contributed by atoms with van der Waals surface area (Å²) in [5.41, 5.74) is 3.89. The smallest absolute Gasteiger partial charge is 0.407 e. The number of carboxylic acid groups (broad SMARTS) is 1. The second kappa shape index (κ2) is 10.8. The molecule has 8 nitrogen and oxygen atoms in total. The molecule has 9 heteroatoms. The van der Waals surface area contributed by atoms with E-state index in [-0.39, 0.29) is 24.1 Å². The summed E-state index contributed by atoms with van der Waals surface area (Å²) in [7, 11) is 0. The van der Waals surface area contributed by atoms with E-state index in [1.807, 2.05) is 32.9 Å². The van der Waals surface area contributed by atoms with Crippen LogP contribution >= 0.6 is 11.6 Å². The zero-order chi connectivity index (χ0) is 25.0. The number of hydrogen-bond acceptors (Lipinski definition) is 4. The molecule has 1 aliphatic rings. The molecule has 2 heterocycles. The number of anilines is 1. The highest BCUT2D eigenvalue weighted by Crippen LogP contribution is 2.32. The molecule has 1 fully saturated rings. The molecular formula is C25H31ClN4O4. The molecule has 1 saturated heterocycles. The van der Waals surface area contributed by atoms with Gasteiger partial charge in [0.25, 0.3) is 11.5 Å². The lowest BCUT2D eigenvalue weighted by Crippen LogP contribution is -2.47. The van der Waals surface area contributed by atoms with Crippen molar-refractivity contribution in [2.75, 3.05) is 24.5 Å². The number of rotatable bonds is 7. The van der Waals surface area contributed by atoms with Crippen molar-refractivity contribution in [3.05, 3.63) is 74.2 Å². The summed E-state index contributed by atoms with van der Waals surface area (Å²) in [4.78, 5) is 43.0. The summed E-state index contributed by atoms with van der Waals surface area (Å²) in [5, 5.41) is 12.5. The van der Waals surface area contributed by atoms with Gasteiger partial charge in [-0.1, -0.05) is 17.7 Å². The fourth-order valence-corrected chi connectivity index (χ4v) is 4.73. The van der Waals surface area contributed by atoms with Gasteiger partial charge in [-0.05, 0) is 62.9 Å². The van der Waals surface area contributed by atoms with Crippen molar-refractivity contribution < 1.29 is 14.7 Å². The van der Waals surface area contributed by atoms with Crippen molar-refractivity contribution in [1.82, 2.24) is 15.2 Å². The van der Waals surface area contributed by atoms with E-state index in [9.17, 15) is 19.5 Å². The number of H-pyrrole nitrogens is 1. The van der Waals surface area contributed by atoms with E-state index in [2.05, 4.69) is 21.8 Å². The minimum absolute atomic E-state index is 0.0930.